The van der Waals surface area contributed by atoms with Crippen LogP contribution in [0.5, 0.6) is 0 Å². The molecular formula is C12H20F3NO2. The monoisotopic (exact) mass is 267 g/mol. The zero-order valence-electron chi connectivity index (χ0n) is 10.5. The minimum Gasteiger partial charge on any atom is -0.389 e. The minimum absolute atomic E-state index is 0.0738. The number of rotatable bonds is 1. The lowest BCUT2D eigenvalue weighted by Gasteiger charge is -2.44. The van der Waals surface area contributed by atoms with Crippen LogP contribution in [-0.2, 0) is 0 Å². The molecule has 1 aliphatic carbocycles. The van der Waals surface area contributed by atoms with E-state index in [1.54, 1.807) is 6.92 Å². The van der Waals surface area contributed by atoms with Crippen LogP contribution in [0.25, 0.3) is 0 Å². The first kappa shape index (κ1) is 14.1. The van der Waals surface area contributed by atoms with Crippen molar-refractivity contribution in [2.24, 2.45) is 0 Å². The van der Waals surface area contributed by atoms with Gasteiger partial charge in [0.2, 0.25) is 0 Å². The molecule has 18 heavy (non-hydrogen) atoms. The third-order valence-electron chi connectivity index (χ3n) is 4.47. The summed E-state index contributed by atoms with van der Waals surface area (Å²) in [5.74, 6) is 0. The van der Waals surface area contributed by atoms with Crippen LogP contribution in [0.3, 0.4) is 0 Å². The number of nitrogens with zero attached hydrogens (tertiary/aromatic N) is 1. The van der Waals surface area contributed by atoms with Crippen LogP contribution >= 0.6 is 0 Å². The van der Waals surface area contributed by atoms with Gasteiger partial charge >= 0.3 is 6.18 Å². The first-order chi connectivity index (χ1) is 8.16. The van der Waals surface area contributed by atoms with Gasteiger partial charge in [-0.2, -0.15) is 13.2 Å². The molecule has 1 saturated carbocycles. The van der Waals surface area contributed by atoms with Gasteiger partial charge in [-0.1, -0.05) is 0 Å². The molecule has 0 aromatic carbocycles. The highest BCUT2D eigenvalue weighted by atomic mass is 19.4. The van der Waals surface area contributed by atoms with Gasteiger partial charge < -0.3 is 10.2 Å². The van der Waals surface area contributed by atoms with Crippen LogP contribution in [-0.4, -0.2) is 51.6 Å². The average Bonchev–Trinajstić information content (AvgIpc) is 2.58. The maximum atomic E-state index is 12.7. The lowest BCUT2D eigenvalue weighted by atomic mass is 9.88. The molecule has 2 fully saturated rings. The molecule has 0 aromatic rings. The van der Waals surface area contributed by atoms with E-state index < -0.39 is 17.4 Å². The van der Waals surface area contributed by atoms with Crippen LogP contribution in [0, 0.1) is 0 Å². The van der Waals surface area contributed by atoms with E-state index in [0.717, 1.165) is 12.8 Å². The van der Waals surface area contributed by atoms with Gasteiger partial charge in [0.1, 0.15) is 0 Å². The number of likely N-dealkylation sites (tertiary alicyclic amines) is 1. The zero-order valence-corrected chi connectivity index (χ0v) is 10.5. The van der Waals surface area contributed by atoms with Crippen molar-refractivity contribution in [1.29, 1.82) is 0 Å². The predicted molar refractivity (Wildman–Crippen MR) is 60.1 cm³/mol. The van der Waals surface area contributed by atoms with E-state index >= 15 is 0 Å². The van der Waals surface area contributed by atoms with Crippen molar-refractivity contribution in [1.82, 2.24) is 4.90 Å². The fourth-order valence-electron chi connectivity index (χ4n) is 3.20. The Bertz CT molecular complexity index is 309. The second kappa shape index (κ2) is 4.35. The third-order valence-corrected chi connectivity index (χ3v) is 4.47. The molecule has 0 aromatic heterocycles. The molecule has 1 heterocycles. The predicted octanol–water partition coefficient (Wildman–Crippen LogP) is 1.68. The smallest absolute Gasteiger partial charge is 0.389 e. The largest absolute Gasteiger partial charge is 0.417 e. The Morgan fingerprint density at radius 1 is 1.11 bits per heavy atom. The topological polar surface area (TPSA) is 43.7 Å². The molecule has 2 N–H and O–H groups in total. The quantitative estimate of drug-likeness (QED) is 0.759. The van der Waals surface area contributed by atoms with E-state index in [4.69, 9.17) is 0 Å². The van der Waals surface area contributed by atoms with Crippen molar-refractivity contribution in [2.45, 2.75) is 62.4 Å². The molecule has 0 bridgehead atoms. The molecule has 0 spiro atoms. The number of hydrogen-bond acceptors (Lipinski definition) is 3. The van der Waals surface area contributed by atoms with E-state index in [2.05, 4.69) is 0 Å². The molecule has 106 valence electrons. The van der Waals surface area contributed by atoms with Gasteiger partial charge in [-0.25, -0.2) is 0 Å². The van der Waals surface area contributed by atoms with Gasteiger partial charge in [0.15, 0.2) is 5.60 Å². The van der Waals surface area contributed by atoms with E-state index in [9.17, 15) is 23.4 Å². The highest BCUT2D eigenvalue weighted by molar-refractivity contribution is 4.99. The number of hydrogen-bond donors (Lipinski definition) is 2. The van der Waals surface area contributed by atoms with E-state index in [-0.39, 0.29) is 32.0 Å². The van der Waals surface area contributed by atoms with Crippen molar-refractivity contribution in [2.75, 3.05) is 13.1 Å². The Morgan fingerprint density at radius 2 is 1.67 bits per heavy atom. The highest BCUT2D eigenvalue weighted by Gasteiger charge is 2.55. The maximum absolute atomic E-state index is 12.7. The number of halogens is 3. The Labute approximate surface area is 105 Å². The lowest BCUT2D eigenvalue weighted by Crippen LogP contribution is -2.57. The normalized spacial score (nSPS) is 38.0. The Hall–Kier alpha value is -0.330. The SMILES string of the molecule is CC1(O)CCCC1N1CCC(O)(C(F)(F)F)CC1. The summed E-state index contributed by atoms with van der Waals surface area (Å²) in [4.78, 5) is 1.90. The number of aliphatic hydroxyl groups is 2. The first-order valence-electron chi connectivity index (χ1n) is 6.41. The summed E-state index contributed by atoms with van der Waals surface area (Å²) >= 11 is 0. The summed E-state index contributed by atoms with van der Waals surface area (Å²) in [7, 11) is 0. The molecule has 2 aliphatic rings. The van der Waals surface area contributed by atoms with Crippen LogP contribution in [0.4, 0.5) is 13.2 Å². The summed E-state index contributed by atoms with van der Waals surface area (Å²) in [6, 6.07) is -0.0738. The summed E-state index contributed by atoms with van der Waals surface area (Å²) in [5, 5.41) is 19.8. The van der Waals surface area contributed by atoms with Crippen molar-refractivity contribution in [3.63, 3.8) is 0 Å². The molecule has 1 aliphatic heterocycles. The Balaban J connectivity index is 1.99. The van der Waals surface area contributed by atoms with Gasteiger partial charge in [-0.3, -0.25) is 4.90 Å². The zero-order chi connectivity index (χ0) is 13.6. The second-order valence-corrected chi connectivity index (χ2v) is 5.83. The van der Waals surface area contributed by atoms with Gasteiger partial charge in [0.25, 0.3) is 0 Å². The van der Waals surface area contributed by atoms with Gasteiger partial charge in [0, 0.05) is 19.1 Å². The summed E-state index contributed by atoms with van der Waals surface area (Å²) in [5.41, 5.74) is -3.36. The van der Waals surface area contributed by atoms with E-state index in [0.29, 0.717) is 6.42 Å². The highest BCUT2D eigenvalue weighted by Crippen LogP contribution is 2.41. The van der Waals surface area contributed by atoms with Crippen molar-refractivity contribution in [3.05, 3.63) is 0 Å². The molecule has 2 atom stereocenters. The third kappa shape index (κ3) is 2.38. The number of alkyl halides is 3. The fourth-order valence-corrected chi connectivity index (χ4v) is 3.20. The van der Waals surface area contributed by atoms with Crippen LogP contribution < -0.4 is 0 Å². The summed E-state index contributed by atoms with van der Waals surface area (Å²) in [6.07, 6.45) is -2.75. The van der Waals surface area contributed by atoms with E-state index in [1.165, 1.54) is 0 Å². The van der Waals surface area contributed by atoms with Gasteiger partial charge in [-0.15, -0.1) is 0 Å². The van der Waals surface area contributed by atoms with Crippen molar-refractivity contribution >= 4 is 0 Å². The van der Waals surface area contributed by atoms with E-state index in [1.807, 2.05) is 4.90 Å². The fraction of sp³-hybridized carbons (Fsp3) is 1.00. The molecule has 1 saturated heterocycles. The van der Waals surface area contributed by atoms with Crippen LogP contribution in [0.15, 0.2) is 0 Å². The summed E-state index contributed by atoms with van der Waals surface area (Å²) in [6.45, 7) is 2.13. The molecule has 0 radical (unpaired) electrons. The number of piperidine rings is 1. The molecule has 6 heteroatoms. The summed E-state index contributed by atoms with van der Waals surface area (Å²) < 4.78 is 38.0. The molecule has 3 nitrogen and oxygen atoms in total. The van der Waals surface area contributed by atoms with Crippen LogP contribution in [0.2, 0.25) is 0 Å². The molecule has 0 amide bonds. The van der Waals surface area contributed by atoms with Gasteiger partial charge in [-0.05, 0) is 39.0 Å². The second-order valence-electron chi connectivity index (χ2n) is 5.83. The Morgan fingerprint density at radius 3 is 2.06 bits per heavy atom. The lowest BCUT2D eigenvalue weighted by molar-refractivity contribution is -0.274. The molecular weight excluding hydrogens is 247 g/mol. The van der Waals surface area contributed by atoms with Gasteiger partial charge in [0.05, 0.1) is 5.60 Å². The molecule has 2 unspecified atom stereocenters. The maximum Gasteiger partial charge on any atom is 0.417 e. The Kier molecular flexibility index (Phi) is 3.41. The standard InChI is InChI=1S/C12H20F3NO2/c1-10(17)4-2-3-9(10)16-7-5-11(18,6-8-16)12(13,14)15/h9,17-18H,2-8H2,1H3. The average molecular weight is 267 g/mol. The minimum atomic E-state index is -4.56. The van der Waals surface area contributed by atoms with Crippen LogP contribution in [0.1, 0.15) is 39.0 Å². The van der Waals surface area contributed by atoms with Crippen molar-refractivity contribution in [3.8, 4) is 0 Å². The first-order valence-corrected chi connectivity index (χ1v) is 6.41. The van der Waals surface area contributed by atoms with Crippen molar-refractivity contribution < 1.29 is 23.4 Å². The molecule has 2 rings (SSSR count).